The first-order valence-electron chi connectivity index (χ1n) is 6.60. The van der Waals surface area contributed by atoms with E-state index in [1.807, 2.05) is 29.1 Å². The van der Waals surface area contributed by atoms with Gasteiger partial charge >= 0.3 is 6.03 Å². The summed E-state index contributed by atoms with van der Waals surface area (Å²) >= 11 is 1.59. The number of thiazole rings is 1. The Bertz CT molecular complexity index is 715. The summed E-state index contributed by atoms with van der Waals surface area (Å²) in [5, 5.41) is 15.1. The number of nitrogens with zero attached hydrogens (tertiary/aromatic N) is 5. The standard InChI is InChI=1S/C12H15N7OS/c1-2-19-8-10(16-17-19)15-11(20)13-4-3-9-7-18-5-6-21-12(18)14-9/h5-8H,2-4H2,1H3,(H2,13,15,20). The monoisotopic (exact) mass is 305 g/mol. The van der Waals surface area contributed by atoms with Crippen LogP contribution in [0.2, 0.25) is 0 Å². The van der Waals surface area contributed by atoms with Gasteiger partial charge in [-0.25, -0.2) is 9.78 Å². The summed E-state index contributed by atoms with van der Waals surface area (Å²) in [6, 6.07) is -0.292. The molecule has 2 amide bonds. The van der Waals surface area contributed by atoms with Gasteiger partial charge in [-0.1, -0.05) is 5.21 Å². The Kier molecular flexibility index (Phi) is 3.82. The number of anilines is 1. The van der Waals surface area contributed by atoms with E-state index in [-0.39, 0.29) is 6.03 Å². The van der Waals surface area contributed by atoms with Crippen molar-refractivity contribution < 1.29 is 4.79 Å². The fourth-order valence-corrected chi connectivity index (χ4v) is 2.59. The summed E-state index contributed by atoms with van der Waals surface area (Å²) in [5.74, 6) is 0.442. The first-order chi connectivity index (χ1) is 10.2. The number of nitrogens with one attached hydrogen (secondary N) is 2. The molecule has 0 atom stereocenters. The minimum absolute atomic E-state index is 0.292. The van der Waals surface area contributed by atoms with E-state index >= 15 is 0 Å². The molecule has 0 aromatic carbocycles. The van der Waals surface area contributed by atoms with Crippen LogP contribution in [-0.4, -0.2) is 37.0 Å². The zero-order valence-corrected chi connectivity index (χ0v) is 12.3. The number of carbonyl (C=O) groups excluding carboxylic acids is 1. The number of hydrogen-bond acceptors (Lipinski definition) is 5. The normalized spacial score (nSPS) is 10.9. The van der Waals surface area contributed by atoms with E-state index < -0.39 is 0 Å². The third-order valence-corrected chi connectivity index (χ3v) is 3.68. The quantitative estimate of drug-likeness (QED) is 0.745. The smallest absolute Gasteiger partial charge is 0.320 e. The van der Waals surface area contributed by atoms with Crippen LogP contribution in [0.4, 0.5) is 10.6 Å². The predicted molar refractivity (Wildman–Crippen MR) is 79.5 cm³/mol. The second kappa shape index (κ2) is 5.92. The highest BCUT2D eigenvalue weighted by atomic mass is 32.1. The molecule has 3 aromatic heterocycles. The average molecular weight is 305 g/mol. The maximum Gasteiger partial charge on any atom is 0.320 e. The van der Waals surface area contributed by atoms with Crippen molar-refractivity contribution in [3.05, 3.63) is 29.7 Å². The minimum atomic E-state index is -0.292. The third-order valence-electron chi connectivity index (χ3n) is 2.91. The molecule has 0 saturated heterocycles. The van der Waals surface area contributed by atoms with Gasteiger partial charge in [0.25, 0.3) is 0 Å². The minimum Gasteiger partial charge on any atom is -0.337 e. The molecule has 2 N–H and O–H groups in total. The number of rotatable bonds is 5. The van der Waals surface area contributed by atoms with Gasteiger partial charge in [-0.15, -0.1) is 16.4 Å². The molecule has 3 heterocycles. The van der Waals surface area contributed by atoms with Crippen LogP contribution in [-0.2, 0) is 13.0 Å². The maximum atomic E-state index is 11.7. The molecule has 0 spiro atoms. The lowest BCUT2D eigenvalue weighted by Gasteiger charge is -2.03. The van der Waals surface area contributed by atoms with Gasteiger partial charge in [-0.3, -0.25) is 14.4 Å². The Labute approximate surface area is 124 Å². The van der Waals surface area contributed by atoms with Gasteiger partial charge in [-0.2, -0.15) is 0 Å². The summed E-state index contributed by atoms with van der Waals surface area (Å²) < 4.78 is 3.62. The molecule has 21 heavy (non-hydrogen) atoms. The summed E-state index contributed by atoms with van der Waals surface area (Å²) in [6.07, 6.45) is 6.30. The molecule has 0 radical (unpaired) electrons. The first kappa shape index (κ1) is 13.6. The van der Waals surface area contributed by atoms with Crippen LogP contribution in [0.1, 0.15) is 12.6 Å². The number of amides is 2. The Balaban J connectivity index is 1.46. The van der Waals surface area contributed by atoms with Crippen LogP contribution in [0.3, 0.4) is 0 Å². The van der Waals surface area contributed by atoms with Crippen LogP contribution in [0, 0.1) is 0 Å². The van der Waals surface area contributed by atoms with E-state index in [1.54, 1.807) is 22.2 Å². The number of urea groups is 1. The van der Waals surface area contributed by atoms with E-state index in [0.717, 1.165) is 10.7 Å². The molecule has 0 aliphatic heterocycles. The molecule has 0 bridgehead atoms. The van der Waals surface area contributed by atoms with Crippen LogP contribution in [0.15, 0.2) is 24.0 Å². The Morgan fingerprint density at radius 2 is 2.33 bits per heavy atom. The number of carbonyl (C=O) groups is 1. The number of aromatic nitrogens is 5. The third kappa shape index (κ3) is 3.19. The van der Waals surface area contributed by atoms with Crippen molar-refractivity contribution in [2.45, 2.75) is 19.9 Å². The van der Waals surface area contributed by atoms with E-state index in [2.05, 4.69) is 25.9 Å². The van der Waals surface area contributed by atoms with Crippen LogP contribution in [0.5, 0.6) is 0 Å². The van der Waals surface area contributed by atoms with Crippen LogP contribution in [0.25, 0.3) is 4.96 Å². The van der Waals surface area contributed by atoms with Crippen LogP contribution < -0.4 is 10.6 Å². The molecule has 0 saturated carbocycles. The van der Waals surface area contributed by atoms with Crippen molar-refractivity contribution in [3.8, 4) is 0 Å². The maximum absolute atomic E-state index is 11.7. The van der Waals surface area contributed by atoms with E-state index in [1.165, 1.54) is 0 Å². The van der Waals surface area contributed by atoms with Crippen molar-refractivity contribution in [3.63, 3.8) is 0 Å². The van der Waals surface area contributed by atoms with Gasteiger partial charge in [0.1, 0.15) is 0 Å². The molecule has 0 fully saturated rings. The molecule has 3 aromatic rings. The Hall–Kier alpha value is -2.42. The molecule has 0 aliphatic carbocycles. The summed E-state index contributed by atoms with van der Waals surface area (Å²) in [6.45, 7) is 3.18. The molecule has 3 rings (SSSR count). The van der Waals surface area contributed by atoms with Gasteiger partial charge in [-0.05, 0) is 6.92 Å². The molecule has 110 valence electrons. The lowest BCUT2D eigenvalue weighted by Crippen LogP contribution is -2.30. The van der Waals surface area contributed by atoms with E-state index in [0.29, 0.717) is 25.3 Å². The molecule has 8 nitrogen and oxygen atoms in total. The fourth-order valence-electron chi connectivity index (χ4n) is 1.87. The lowest BCUT2D eigenvalue weighted by atomic mass is 10.3. The number of hydrogen-bond donors (Lipinski definition) is 2. The predicted octanol–water partition coefficient (Wildman–Crippen LogP) is 1.37. The average Bonchev–Trinajstić information content (AvgIpc) is 3.13. The van der Waals surface area contributed by atoms with Crippen molar-refractivity contribution in [2.24, 2.45) is 0 Å². The van der Waals surface area contributed by atoms with Gasteiger partial charge in [0.05, 0.1) is 11.9 Å². The summed E-state index contributed by atoms with van der Waals surface area (Å²) in [7, 11) is 0. The SMILES string of the molecule is CCn1cc(NC(=O)NCCc2cn3ccsc3n2)nn1. The molecule has 0 aliphatic rings. The topological polar surface area (TPSA) is 89.1 Å². The molecular weight excluding hydrogens is 290 g/mol. The number of fused-ring (bicyclic) bond motifs is 1. The zero-order chi connectivity index (χ0) is 14.7. The second-order valence-corrected chi connectivity index (χ2v) is 5.29. The molecule has 0 unspecified atom stereocenters. The van der Waals surface area contributed by atoms with Crippen LogP contribution >= 0.6 is 11.3 Å². The van der Waals surface area contributed by atoms with Crippen molar-refractivity contribution >= 4 is 28.1 Å². The first-order valence-corrected chi connectivity index (χ1v) is 7.48. The van der Waals surface area contributed by atoms with Crippen molar-refractivity contribution in [1.29, 1.82) is 0 Å². The number of aryl methyl sites for hydroxylation is 1. The Morgan fingerprint density at radius 3 is 3.10 bits per heavy atom. The van der Waals surface area contributed by atoms with E-state index in [9.17, 15) is 4.79 Å². The molecule has 9 heteroatoms. The highest BCUT2D eigenvalue weighted by molar-refractivity contribution is 7.15. The van der Waals surface area contributed by atoms with Crippen molar-refractivity contribution in [1.82, 2.24) is 29.7 Å². The fraction of sp³-hybridized carbons (Fsp3) is 0.333. The highest BCUT2D eigenvalue weighted by Gasteiger charge is 2.06. The highest BCUT2D eigenvalue weighted by Crippen LogP contribution is 2.11. The van der Waals surface area contributed by atoms with Crippen molar-refractivity contribution in [2.75, 3.05) is 11.9 Å². The summed E-state index contributed by atoms with van der Waals surface area (Å²) in [5.41, 5.74) is 0.957. The number of imidazole rings is 1. The van der Waals surface area contributed by atoms with E-state index in [4.69, 9.17) is 0 Å². The lowest BCUT2D eigenvalue weighted by molar-refractivity contribution is 0.252. The summed E-state index contributed by atoms with van der Waals surface area (Å²) in [4.78, 5) is 17.1. The van der Waals surface area contributed by atoms with Gasteiger partial charge in [0.2, 0.25) is 0 Å². The van der Waals surface area contributed by atoms with Gasteiger partial charge in [0, 0.05) is 37.3 Å². The van der Waals surface area contributed by atoms with Gasteiger partial charge in [0.15, 0.2) is 10.8 Å². The largest absolute Gasteiger partial charge is 0.337 e. The molecular formula is C12H15N7OS. The van der Waals surface area contributed by atoms with Gasteiger partial charge < -0.3 is 5.32 Å². The second-order valence-electron chi connectivity index (χ2n) is 4.42. The zero-order valence-electron chi connectivity index (χ0n) is 11.5. The Morgan fingerprint density at radius 1 is 1.43 bits per heavy atom.